The lowest BCUT2D eigenvalue weighted by atomic mass is 10.0. The summed E-state index contributed by atoms with van der Waals surface area (Å²) < 4.78 is 0. The molecule has 2 heteroatoms. The maximum atomic E-state index is 9.96. The van der Waals surface area contributed by atoms with E-state index in [0.29, 0.717) is 0 Å². The summed E-state index contributed by atoms with van der Waals surface area (Å²) in [6.07, 6.45) is -0.344. The van der Waals surface area contributed by atoms with Gasteiger partial charge in [-0.3, -0.25) is 4.90 Å². The van der Waals surface area contributed by atoms with E-state index in [-0.39, 0.29) is 12.1 Å². The lowest BCUT2D eigenvalue weighted by Crippen LogP contribution is -2.23. The minimum Gasteiger partial charge on any atom is -0.387 e. The first-order valence-corrected chi connectivity index (χ1v) is 4.76. The third-order valence-corrected chi connectivity index (χ3v) is 2.66. The zero-order chi connectivity index (χ0) is 9.26. The number of nitrogens with zero attached hydrogens (tertiary/aromatic N) is 1. The van der Waals surface area contributed by atoms with Crippen LogP contribution >= 0.6 is 0 Å². The Labute approximate surface area is 78.8 Å². The number of hydrogen-bond acceptors (Lipinski definition) is 2. The Hall–Kier alpha value is -0.860. The highest BCUT2D eigenvalue weighted by Crippen LogP contribution is 2.24. The molecule has 1 saturated heterocycles. The molecule has 0 radical (unpaired) electrons. The first kappa shape index (κ1) is 8.73. The molecule has 1 N–H and O–H groups in total. The highest BCUT2D eigenvalue weighted by molar-refractivity contribution is 5.19. The Morgan fingerprint density at radius 2 is 1.85 bits per heavy atom. The van der Waals surface area contributed by atoms with E-state index in [1.54, 1.807) is 0 Å². The summed E-state index contributed by atoms with van der Waals surface area (Å²) in [5, 5.41) is 9.96. The largest absolute Gasteiger partial charge is 0.387 e. The molecule has 13 heavy (non-hydrogen) atoms. The van der Waals surface area contributed by atoms with E-state index in [4.69, 9.17) is 0 Å². The quantitative estimate of drug-likeness (QED) is 0.706. The molecule has 1 aromatic carbocycles. The first-order valence-electron chi connectivity index (χ1n) is 4.76. The summed E-state index contributed by atoms with van der Waals surface area (Å²) in [7, 11) is 0. The molecule has 0 amide bonds. The Kier molecular flexibility index (Phi) is 2.34. The van der Waals surface area contributed by atoms with Gasteiger partial charge in [-0.25, -0.2) is 0 Å². The second-order valence-corrected chi connectivity index (χ2v) is 3.63. The second kappa shape index (κ2) is 3.48. The predicted octanol–water partition coefficient (Wildman–Crippen LogP) is 1.42. The van der Waals surface area contributed by atoms with Crippen LogP contribution in [-0.4, -0.2) is 29.1 Å². The summed E-state index contributed by atoms with van der Waals surface area (Å²) in [4.78, 5) is 2.26. The number of rotatable bonds is 3. The lowest BCUT2D eigenvalue weighted by Gasteiger charge is -2.19. The van der Waals surface area contributed by atoms with Gasteiger partial charge in [-0.2, -0.15) is 0 Å². The van der Waals surface area contributed by atoms with E-state index in [9.17, 15) is 5.11 Å². The Morgan fingerprint density at radius 3 is 2.38 bits per heavy atom. The van der Waals surface area contributed by atoms with E-state index >= 15 is 0 Å². The third-order valence-electron chi connectivity index (χ3n) is 2.66. The number of aliphatic hydroxyl groups excluding tert-OH is 1. The highest BCUT2D eigenvalue weighted by Gasteiger charge is 2.29. The zero-order valence-electron chi connectivity index (χ0n) is 7.85. The molecule has 1 heterocycles. The molecule has 1 aromatic rings. The van der Waals surface area contributed by atoms with Crippen LogP contribution in [-0.2, 0) is 0 Å². The van der Waals surface area contributed by atoms with Crippen molar-refractivity contribution < 1.29 is 5.11 Å². The number of aliphatic hydroxyl groups is 1. The van der Waals surface area contributed by atoms with E-state index in [1.807, 2.05) is 30.3 Å². The fourth-order valence-electron chi connectivity index (χ4n) is 1.59. The minimum atomic E-state index is -0.344. The molecule has 0 aromatic heterocycles. The number of hydrogen-bond donors (Lipinski definition) is 1. The van der Waals surface area contributed by atoms with E-state index in [1.165, 1.54) is 0 Å². The second-order valence-electron chi connectivity index (χ2n) is 3.63. The fourth-order valence-corrected chi connectivity index (χ4v) is 1.59. The van der Waals surface area contributed by atoms with Crippen LogP contribution in [0.2, 0.25) is 0 Å². The van der Waals surface area contributed by atoms with Crippen LogP contribution in [0.25, 0.3) is 0 Å². The Morgan fingerprint density at radius 1 is 1.23 bits per heavy atom. The Bertz CT molecular complexity index is 269. The first-order chi connectivity index (χ1) is 6.29. The smallest absolute Gasteiger partial charge is 0.0942 e. The minimum absolute atomic E-state index is 0.252. The van der Waals surface area contributed by atoms with Crippen molar-refractivity contribution in [2.45, 2.75) is 19.1 Å². The van der Waals surface area contributed by atoms with Gasteiger partial charge in [0.15, 0.2) is 0 Å². The molecule has 70 valence electrons. The topological polar surface area (TPSA) is 23.2 Å². The monoisotopic (exact) mass is 177 g/mol. The van der Waals surface area contributed by atoms with Crippen molar-refractivity contribution in [1.82, 2.24) is 4.90 Å². The molecule has 0 spiro atoms. The maximum absolute atomic E-state index is 9.96. The summed E-state index contributed by atoms with van der Waals surface area (Å²) >= 11 is 0. The van der Waals surface area contributed by atoms with Crippen LogP contribution in [0.15, 0.2) is 30.3 Å². The van der Waals surface area contributed by atoms with Gasteiger partial charge in [0.1, 0.15) is 0 Å². The van der Waals surface area contributed by atoms with E-state index in [2.05, 4.69) is 11.8 Å². The van der Waals surface area contributed by atoms with Crippen LogP contribution in [0.3, 0.4) is 0 Å². The van der Waals surface area contributed by atoms with Gasteiger partial charge in [0.25, 0.3) is 0 Å². The molecule has 0 bridgehead atoms. The molecule has 1 aliphatic heterocycles. The zero-order valence-corrected chi connectivity index (χ0v) is 7.85. The molecular formula is C11H15NO. The fraction of sp³-hybridized carbons (Fsp3) is 0.455. The van der Waals surface area contributed by atoms with Gasteiger partial charge in [-0.05, 0) is 12.5 Å². The van der Waals surface area contributed by atoms with Crippen molar-refractivity contribution in [1.29, 1.82) is 0 Å². The Balaban J connectivity index is 2.07. The van der Waals surface area contributed by atoms with Crippen LogP contribution in [0.4, 0.5) is 0 Å². The molecule has 2 rings (SSSR count). The molecule has 1 fully saturated rings. The van der Waals surface area contributed by atoms with Gasteiger partial charge in [0.05, 0.1) is 6.10 Å². The molecule has 1 aliphatic rings. The van der Waals surface area contributed by atoms with Gasteiger partial charge in [-0.1, -0.05) is 30.3 Å². The molecular weight excluding hydrogens is 162 g/mol. The average molecular weight is 177 g/mol. The maximum Gasteiger partial charge on any atom is 0.0942 e. The number of benzene rings is 1. The predicted molar refractivity (Wildman–Crippen MR) is 52.4 cm³/mol. The van der Waals surface area contributed by atoms with E-state index < -0.39 is 0 Å². The summed E-state index contributed by atoms with van der Waals surface area (Å²) in [5.74, 6) is 0. The van der Waals surface area contributed by atoms with Crippen molar-refractivity contribution in [2.75, 3.05) is 13.1 Å². The highest BCUT2D eigenvalue weighted by atomic mass is 16.3. The standard InChI is InChI=1S/C11H15NO/c1-9(12-7-8-12)11(13)10-5-3-2-4-6-10/h2-6,9,11,13H,7-8H2,1H3. The van der Waals surface area contributed by atoms with Crippen molar-refractivity contribution in [2.24, 2.45) is 0 Å². The van der Waals surface area contributed by atoms with Gasteiger partial charge >= 0.3 is 0 Å². The van der Waals surface area contributed by atoms with Gasteiger partial charge in [0, 0.05) is 19.1 Å². The molecule has 0 aliphatic carbocycles. The lowest BCUT2D eigenvalue weighted by molar-refractivity contribution is 0.110. The van der Waals surface area contributed by atoms with Crippen molar-refractivity contribution in [3.63, 3.8) is 0 Å². The van der Waals surface area contributed by atoms with Crippen LogP contribution in [0, 0.1) is 0 Å². The average Bonchev–Trinajstić information content (AvgIpc) is 3.00. The van der Waals surface area contributed by atoms with Crippen molar-refractivity contribution in [3.8, 4) is 0 Å². The van der Waals surface area contributed by atoms with Crippen molar-refractivity contribution >= 4 is 0 Å². The molecule has 0 saturated carbocycles. The van der Waals surface area contributed by atoms with Crippen LogP contribution in [0.5, 0.6) is 0 Å². The van der Waals surface area contributed by atoms with E-state index in [0.717, 1.165) is 18.7 Å². The van der Waals surface area contributed by atoms with Gasteiger partial charge < -0.3 is 5.11 Å². The third kappa shape index (κ3) is 1.90. The van der Waals surface area contributed by atoms with Crippen LogP contribution in [0.1, 0.15) is 18.6 Å². The molecule has 2 atom stereocenters. The van der Waals surface area contributed by atoms with Gasteiger partial charge in [-0.15, -0.1) is 0 Å². The SMILES string of the molecule is CC(C(O)c1ccccc1)N1CC1. The van der Waals surface area contributed by atoms with Crippen LogP contribution < -0.4 is 0 Å². The molecule has 2 nitrogen and oxygen atoms in total. The summed E-state index contributed by atoms with van der Waals surface area (Å²) in [5.41, 5.74) is 1.02. The van der Waals surface area contributed by atoms with Gasteiger partial charge in [0.2, 0.25) is 0 Å². The normalized spacial score (nSPS) is 21.1. The summed E-state index contributed by atoms with van der Waals surface area (Å²) in [6.45, 7) is 4.33. The molecule has 2 unspecified atom stereocenters. The van der Waals surface area contributed by atoms with Crippen molar-refractivity contribution in [3.05, 3.63) is 35.9 Å². The summed E-state index contributed by atoms with van der Waals surface area (Å²) in [6, 6.07) is 10.1.